The quantitative estimate of drug-likeness (QED) is 0.796. The second kappa shape index (κ2) is 5.82. The maximum Gasteiger partial charge on any atom is 0.277 e. The summed E-state index contributed by atoms with van der Waals surface area (Å²) in [6.07, 6.45) is 2.54. The summed E-state index contributed by atoms with van der Waals surface area (Å²) in [4.78, 5) is 15.3. The molecule has 1 aliphatic heterocycles. The molecule has 3 heteroatoms. The van der Waals surface area contributed by atoms with Crippen molar-refractivity contribution in [2.24, 2.45) is 0 Å². The summed E-state index contributed by atoms with van der Waals surface area (Å²) in [5, 5.41) is 0. The first-order chi connectivity index (χ1) is 8.25. The molecule has 92 valence electrons. The van der Waals surface area contributed by atoms with Crippen molar-refractivity contribution in [1.29, 1.82) is 0 Å². The lowest BCUT2D eigenvalue weighted by Crippen LogP contribution is -3.11. The van der Waals surface area contributed by atoms with E-state index in [4.69, 9.17) is 0 Å². The van der Waals surface area contributed by atoms with Crippen molar-refractivity contribution in [3.63, 3.8) is 0 Å². The molecule has 0 saturated carbocycles. The van der Waals surface area contributed by atoms with Gasteiger partial charge in [-0.3, -0.25) is 4.79 Å². The van der Waals surface area contributed by atoms with Crippen LogP contribution in [0.15, 0.2) is 30.3 Å². The maximum atomic E-state index is 12.0. The Morgan fingerprint density at radius 3 is 2.53 bits per heavy atom. The number of likely N-dealkylation sites (N-methyl/N-ethyl adjacent to an activating group) is 1. The van der Waals surface area contributed by atoms with Crippen LogP contribution >= 0.6 is 0 Å². The van der Waals surface area contributed by atoms with Crippen molar-refractivity contribution in [1.82, 2.24) is 4.90 Å². The molecule has 0 radical (unpaired) electrons. The van der Waals surface area contributed by atoms with Crippen LogP contribution in [0.1, 0.15) is 18.4 Å². The van der Waals surface area contributed by atoms with Crippen LogP contribution in [0.3, 0.4) is 0 Å². The van der Waals surface area contributed by atoms with Gasteiger partial charge in [0.2, 0.25) is 0 Å². The van der Waals surface area contributed by atoms with E-state index in [1.165, 1.54) is 23.3 Å². The van der Waals surface area contributed by atoms with E-state index in [2.05, 4.69) is 12.1 Å². The van der Waals surface area contributed by atoms with Crippen molar-refractivity contribution in [3.05, 3.63) is 35.9 Å². The van der Waals surface area contributed by atoms with E-state index in [0.717, 1.165) is 13.1 Å². The molecule has 1 aliphatic rings. The molecule has 0 spiro atoms. The zero-order valence-electron chi connectivity index (χ0n) is 10.5. The van der Waals surface area contributed by atoms with Crippen molar-refractivity contribution in [3.8, 4) is 0 Å². The normalized spacial score (nSPS) is 16.1. The molecule has 1 saturated heterocycles. The third kappa shape index (κ3) is 3.56. The minimum atomic E-state index is 0.255. The fourth-order valence-corrected chi connectivity index (χ4v) is 2.35. The predicted octanol–water partition coefficient (Wildman–Crippen LogP) is 0.324. The highest BCUT2D eigenvalue weighted by molar-refractivity contribution is 5.76. The molecule has 0 bridgehead atoms. The van der Waals surface area contributed by atoms with Gasteiger partial charge in [0.1, 0.15) is 0 Å². The summed E-state index contributed by atoms with van der Waals surface area (Å²) in [7, 11) is 1.89. The van der Waals surface area contributed by atoms with E-state index in [-0.39, 0.29) is 5.91 Å². The summed E-state index contributed by atoms with van der Waals surface area (Å²) in [6.45, 7) is 3.69. The standard InChI is InChI=1S/C14H20N2O/c1-15(11-13-7-3-2-4-8-13)14(17)12-16-9-5-6-10-16/h2-4,7-8H,5-6,9-12H2,1H3/p+1. The number of rotatable bonds is 4. The molecular formula is C14H21N2O+. The van der Waals surface area contributed by atoms with Crippen LogP contribution in [-0.4, -0.2) is 37.5 Å². The first kappa shape index (κ1) is 12.1. The van der Waals surface area contributed by atoms with Gasteiger partial charge in [-0.05, 0) is 5.56 Å². The SMILES string of the molecule is CN(Cc1ccccc1)C(=O)C[NH+]1CCCC1. The van der Waals surface area contributed by atoms with Crippen LogP contribution in [0.5, 0.6) is 0 Å². The van der Waals surface area contributed by atoms with Crippen LogP contribution < -0.4 is 4.90 Å². The van der Waals surface area contributed by atoms with Gasteiger partial charge in [-0.2, -0.15) is 0 Å². The van der Waals surface area contributed by atoms with Gasteiger partial charge in [0.15, 0.2) is 6.54 Å². The van der Waals surface area contributed by atoms with Gasteiger partial charge in [0.25, 0.3) is 5.91 Å². The summed E-state index contributed by atoms with van der Waals surface area (Å²) in [6, 6.07) is 10.2. The van der Waals surface area contributed by atoms with E-state index in [1.54, 1.807) is 0 Å². The fourth-order valence-electron chi connectivity index (χ4n) is 2.35. The van der Waals surface area contributed by atoms with Crippen LogP contribution in [0.4, 0.5) is 0 Å². The van der Waals surface area contributed by atoms with E-state index in [9.17, 15) is 4.79 Å². The van der Waals surface area contributed by atoms with E-state index >= 15 is 0 Å². The van der Waals surface area contributed by atoms with Gasteiger partial charge in [0, 0.05) is 26.4 Å². The summed E-state index contributed by atoms with van der Waals surface area (Å²) in [5.74, 6) is 0.255. The molecular weight excluding hydrogens is 212 g/mol. The zero-order chi connectivity index (χ0) is 12.1. The van der Waals surface area contributed by atoms with Crippen molar-refractivity contribution < 1.29 is 9.69 Å². The molecule has 1 fully saturated rings. The Morgan fingerprint density at radius 2 is 1.88 bits per heavy atom. The molecule has 0 atom stereocenters. The van der Waals surface area contributed by atoms with Gasteiger partial charge in [-0.1, -0.05) is 30.3 Å². The second-order valence-electron chi connectivity index (χ2n) is 4.87. The molecule has 1 aromatic rings. The molecule has 0 unspecified atom stereocenters. The Hall–Kier alpha value is -1.35. The number of quaternary nitrogens is 1. The number of hydrogen-bond acceptors (Lipinski definition) is 1. The smallest absolute Gasteiger partial charge is 0.277 e. The molecule has 1 heterocycles. The number of nitrogens with zero attached hydrogens (tertiary/aromatic N) is 1. The number of hydrogen-bond donors (Lipinski definition) is 1. The highest BCUT2D eigenvalue weighted by Gasteiger charge is 2.20. The number of nitrogens with one attached hydrogen (secondary N) is 1. The Morgan fingerprint density at radius 1 is 1.24 bits per heavy atom. The highest BCUT2D eigenvalue weighted by atomic mass is 16.2. The lowest BCUT2D eigenvalue weighted by Gasteiger charge is -2.19. The highest BCUT2D eigenvalue weighted by Crippen LogP contribution is 2.02. The number of benzene rings is 1. The lowest BCUT2D eigenvalue weighted by molar-refractivity contribution is -0.879. The first-order valence-electron chi connectivity index (χ1n) is 6.37. The maximum absolute atomic E-state index is 12.0. The van der Waals surface area contributed by atoms with Crippen LogP contribution in [0.2, 0.25) is 0 Å². The first-order valence-corrected chi connectivity index (χ1v) is 6.37. The molecule has 1 N–H and O–H groups in total. The summed E-state index contributed by atoms with van der Waals surface area (Å²) >= 11 is 0. The van der Waals surface area contributed by atoms with Crippen LogP contribution in [-0.2, 0) is 11.3 Å². The van der Waals surface area contributed by atoms with Gasteiger partial charge in [-0.25, -0.2) is 0 Å². The van der Waals surface area contributed by atoms with Gasteiger partial charge < -0.3 is 9.80 Å². The van der Waals surface area contributed by atoms with E-state index < -0.39 is 0 Å². The minimum absolute atomic E-state index is 0.255. The minimum Gasteiger partial charge on any atom is -0.337 e. The second-order valence-corrected chi connectivity index (χ2v) is 4.87. The molecule has 1 aromatic carbocycles. The fraction of sp³-hybridized carbons (Fsp3) is 0.500. The van der Waals surface area contributed by atoms with Gasteiger partial charge in [-0.15, -0.1) is 0 Å². The number of likely N-dealkylation sites (tertiary alicyclic amines) is 1. The average Bonchev–Trinajstić information content (AvgIpc) is 2.83. The molecule has 1 amide bonds. The Kier molecular flexibility index (Phi) is 4.15. The third-order valence-corrected chi connectivity index (χ3v) is 3.40. The van der Waals surface area contributed by atoms with Crippen molar-refractivity contribution in [2.75, 3.05) is 26.7 Å². The number of amides is 1. The number of carbonyl (C=O) groups excluding carboxylic acids is 1. The van der Waals surface area contributed by atoms with Crippen LogP contribution in [0.25, 0.3) is 0 Å². The monoisotopic (exact) mass is 233 g/mol. The number of carbonyl (C=O) groups is 1. The summed E-state index contributed by atoms with van der Waals surface area (Å²) in [5.41, 5.74) is 1.19. The van der Waals surface area contributed by atoms with Gasteiger partial charge >= 0.3 is 0 Å². The molecule has 0 aromatic heterocycles. The Balaban J connectivity index is 1.82. The van der Waals surface area contributed by atoms with Gasteiger partial charge in [0.05, 0.1) is 13.1 Å². The molecule has 0 aliphatic carbocycles. The third-order valence-electron chi connectivity index (χ3n) is 3.40. The molecule has 3 nitrogen and oxygen atoms in total. The van der Waals surface area contributed by atoms with E-state index in [1.807, 2.05) is 30.1 Å². The molecule has 17 heavy (non-hydrogen) atoms. The predicted molar refractivity (Wildman–Crippen MR) is 67.7 cm³/mol. The lowest BCUT2D eigenvalue weighted by atomic mass is 10.2. The van der Waals surface area contributed by atoms with Crippen molar-refractivity contribution >= 4 is 5.91 Å². The Bertz CT molecular complexity index is 358. The van der Waals surface area contributed by atoms with E-state index in [0.29, 0.717) is 13.1 Å². The zero-order valence-corrected chi connectivity index (χ0v) is 10.5. The average molecular weight is 233 g/mol. The topological polar surface area (TPSA) is 24.8 Å². The largest absolute Gasteiger partial charge is 0.337 e. The van der Waals surface area contributed by atoms with Crippen LogP contribution in [0, 0.1) is 0 Å². The molecule has 2 rings (SSSR count). The van der Waals surface area contributed by atoms with Crippen molar-refractivity contribution in [2.45, 2.75) is 19.4 Å². The Labute approximate surface area is 103 Å². The summed E-state index contributed by atoms with van der Waals surface area (Å²) < 4.78 is 0.